The first-order chi connectivity index (χ1) is 9.11. The Kier molecular flexibility index (Phi) is 3.56. The van der Waals surface area contributed by atoms with E-state index in [1.54, 1.807) is 36.4 Å². The summed E-state index contributed by atoms with van der Waals surface area (Å²) < 4.78 is 4.61. The molecule has 0 N–H and O–H groups in total. The minimum atomic E-state index is -0.440. The predicted octanol–water partition coefficient (Wildman–Crippen LogP) is 3.05. The first-order valence-electron chi connectivity index (χ1n) is 5.55. The Bertz CT molecular complexity index is 602. The van der Waals surface area contributed by atoms with Crippen LogP contribution in [0.3, 0.4) is 0 Å². The summed E-state index contributed by atoms with van der Waals surface area (Å²) in [4.78, 5) is 21.4. The molecule has 2 rings (SSSR count). The fraction of sp³-hybridized carbons (Fsp3) is 0.0714. The lowest BCUT2D eigenvalue weighted by molar-refractivity contribution is -0.384. The van der Waals surface area contributed by atoms with Crippen LogP contribution in [0.25, 0.3) is 11.1 Å². The van der Waals surface area contributed by atoms with Gasteiger partial charge < -0.3 is 4.74 Å². The van der Waals surface area contributed by atoms with E-state index in [-0.39, 0.29) is 5.69 Å². The molecule has 0 aliphatic carbocycles. The lowest BCUT2D eigenvalue weighted by Crippen LogP contribution is -2.00. The number of carbonyl (C=O) groups excluding carboxylic acids is 1. The molecule has 0 amide bonds. The van der Waals surface area contributed by atoms with E-state index < -0.39 is 10.9 Å². The third-order valence-electron chi connectivity index (χ3n) is 2.72. The number of rotatable bonds is 3. The van der Waals surface area contributed by atoms with Gasteiger partial charge in [-0.3, -0.25) is 10.1 Å². The minimum absolute atomic E-state index is 0.0509. The van der Waals surface area contributed by atoms with E-state index in [1.807, 2.05) is 0 Å². The molecule has 0 aliphatic heterocycles. The van der Waals surface area contributed by atoms with Gasteiger partial charge in [-0.2, -0.15) is 0 Å². The van der Waals surface area contributed by atoms with Crippen molar-refractivity contribution in [2.75, 3.05) is 7.11 Å². The number of benzene rings is 2. The van der Waals surface area contributed by atoms with E-state index in [0.717, 1.165) is 11.1 Å². The zero-order valence-corrected chi connectivity index (χ0v) is 10.2. The van der Waals surface area contributed by atoms with Gasteiger partial charge in [0.05, 0.1) is 17.6 Å². The molecule has 0 unspecified atom stereocenters. The highest BCUT2D eigenvalue weighted by atomic mass is 16.6. The first kappa shape index (κ1) is 12.8. The van der Waals surface area contributed by atoms with Gasteiger partial charge in [0, 0.05) is 12.1 Å². The zero-order chi connectivity index (χ0) is 13.8. The molecule has 0 radical (unpaired) electrons. The number of carbonyl (C=O) groups is 1. The Morgan fingerprint density at radius 3 is 1.89 bits per heavy atom. The topological polar surface area (TPSA) is 69.4 Å². The average Bonchev–Trinajstić information content (AvgIpc) is 2.46. The van der Waals surface area contributed by atoms with E-state index in [0.29, 0.717) is 5.56 Å². The summed E-state index contributed by atoms with van der Waals surface area (Å²) >= 11 is 0. The van der Waals surface area contributed by atoms with Gasteiger partial charge in [-0.05, 0) is 35.4 Å². The molecule has 0 aromatic heterocycles. The van der Waals surface area contributed by atoms with Gasteiger partial charge in [0.15, 0.2) is 0 Å². The lowest BCUT2D eigenvalue weighted by Gasteiger charge is -2.03. The standard InChI is InChI=1S/C14H11NO4/c1-19-14(16)12-4-2-10(3-5-12)11-6-8-13(9-7-11)15(17)18/h2-9H,1H3. The Morgan fingerprint density at radius 1 is 1.00 bits per heavy atom. The number of hydrogen-bond acceptors (Lipinski definition) is 4. The molecule has 0 bridgehead atoms. The molecular formula is C14H11NO4. The number of hydrogen-bond donors (Lipinski definition) is 0. The highest BCUT2D eigenvalue weighted by molar-refractivity contribution is 5.89. The second-order valence-electron chi connectivity index (χ2n) is 3.87. The molecule has 2 aromatic carbocycles. The molecule has 5 nitrogen and oxygen atoms in total. The van der Waals surface area contributed by atoms with Crippen molar-refractivity contribution in [2.45, 2.75) is 0 Å². The maximum absolute atomic E-state index is 11.3. The van der Waals surface area contributed by atoms with Crippen LogP contribution in [0.5, 0.6) is 0 Å². The smallest absolute Gasteiger partial charge is 0.337 e. The molecule has 0 atom stereocenters. The summed E-state index contributed by atoms with van der Waals surface area (Å²) in [7, 11) is 1.33. The van der Waals surface area contributed by atoms with Crippen molar-refractivity contribution in [1.29, 1.82) is 0 Å². The van der Waals surface area contributed by atoms with Crippen molar-refractivity contribution >= 4 is 11.7 Å². The maximum atomic E-state index is 11.3. The molecular weight excluding hydrogens is 246 g/mol. The van der Waals surface area contributed by atoms with E-state index >= 15 is 0 Å². The minimum Gasteiger partial charge on any atom is -0.465 e. The quantitative estimate of drug-likeness (QED) is 0.481. The van der Waals surface area contributed by atoms with Crippen molar-refractivity contribution in [3.05, 3.63) is 64.2 Å². The molecule has 0 saturated carbocycles. The maximum Gasteiger partial charge on any atom is 0.337 e. The molecule has 0 heterocycles. The van der Waals surface area contributed by atoms with Gasteiger partial charge in [-0.25, -0.2) is 4.79 Å². The highest BCUT2D eigenvalue weighted by Crippen LogP contribution is 2.22. The number of nitro benzene ring substituents is 1. The Morgan fingerprint density at radius 2 is 1.47 bits per heavy atom. The van der Waals surface area contributed by atoms with Crippen LogP contribution in [-0.2, 0) is 4.74 Å². The van der Waals surface area contributed by atoms with Crippen molar-refractivity contribution < 1.29 is 14.5 Å². The SMILES string of the molecule is COC(=O)c1ccc(-c2ccc([N+](=O)[O-])cc2)cc1. The van der Waals surface area contributed by atoms with Gasteiger partial charge in [0.2, 0.25) is 0 Å². The Balaban J connectivity index is 2.27. The van der Waals surface area contributed by atoms with Crippen LogP contribution >= 0.6 is 0 Å². The summed E-state index contributed by atoms with van der Waals surface area (Å²) in [6.45, 7) is 0. The summed E-state index contributed by atoms with van der Waals surface area (Å²) in [6.07, 6.45) is 0. The van der Waals surface area contributed by atoms with Crippen molar-refractivity contribution in [3.8, 4) is 11.1 Å². The van der Waals surface area contributed by atoms with E-state index in [4.69, 9.17) is 0 Å². The van der Waals surface area contributed by atoms with Gasteiger partial charge in [-0.1, -0.05) is 12.1 Å². The van der Waals surface area contributed by atoms with Crippen LogP contribution in [-0.4, -0.2) is 18.0 Å². The number of methoxy groups -OCH3 is 1. The number of esters is 1. The molecule has 2 aromatic rings. The highest BCUT2D eigenvalue weighted by Gasteiger charge is 2.07. The summed E-state index contributed by atoms with van der Waals surface area (Å²) in [5.74, 6) is -0.393. The largest absolute Gasteiger partial charge is 0.465 e. The van der Waals surface area contributed by atoms with Crippen LogP contribution < -0.4 is 0 Å². The van der Waals surface area contributed by atoms with Crippen molar-refractivity contribution in [3.63, 3.8) is 0 Å². The fourth-order valence-electron chi connectivity index (χ4n) is 1.69. The number of non-ortho nitro benzene ring substituents is 1. The van der Waals surface area contributed by atoms with Crippen molar-refractivity contribution in [2.24, 2.45) is 0 Å². The molecule has 0 saturated heterocycles. The van der Waals surface area contributed by atoms with Gasteiger partial charge >= 0.3 is 5.97 Å². The fourth-order valence-corrected chi connectivity index (χ4v) is 1.69. The summed E-state index contributed by atoms with van der Waals surface area (Å²) in [6, 6.07) is 13.1. The second kappa shape index (κ2) is 5.30. The van der Waals surface area contributed by atoms with Gasteiger partial charge in [0.1, 0.15) is 0 Å². The van der Waals surface area contributed by atoms with E-state index in [9.17, 15) is 14.9 Å². The molecule has 19 heavy (non-hydrogen) atoms. The summed E-state index contributed by atoms with van der Waals surface area (Å²) in [5.41, 5.74) is 2.24. The van der Waals surface area contributed by atoms with Gasteiger partial charge in [-0.15, -0.1) is 0 Å². The van der Waals surface area contributed by atoms with Gasteiger partial charge in [0.25, 0.3) is 5.69 Å². The monoisotopic (exact) mass is 257 g/mol. The number of nitro groups is 1. The molecule has 5 heteroatoms. The third-order valence-corrected chi connectivity index (χ3v) is 2.72. The van der Waals surface area contributed by atoms with Crippen LogP contribution in [0, 0.1) is 10.1 Å². The normalized spacial score (nSPS) is 9.95. The van der Waals surface area contributed by atoms with Crippen LogP contribution in [0.1, 0.15) is 10.4 Å². The van der Waals surface area contributed by atoms with E-state index in [1.165, 1.54) is 19.2 Å². The molecule has 0 fully saturated rings. The molecule has 96 valence electrons. The van der Waals surface area contributed by atoms with Crippen LogP contribution in [0.15, 0.2) is 48.5 Å². The van der Waals surface area contributed by atoms with Crippen LogP contribution in [0.2, 0.25) is 0 Å². The zero-order valence-electron chi connectivity index (χ0n) is 10.2. The predicted molar refractivity (Wildman–Crippen MR) is 69.9 cm³/mol. The van der Waals surface area contributed by atoms with Crippen molar-refractivity contribution in [1.82, 2.24) is 0 Å². The molecule has 0 aliphatic rings. The third kappa shape index (κ3) is 2.77. The average molecular weight is 257 g/mol. The Hall–Kier alpha value is -2.69. The second-order valence-corrected chi connectivity index (χ2v) is 3.87. The molecule has 0 spiro atoms. The lowest BCUT2D eigenvalue weighted by atomic mass is 10.0. The number of nitrogens with zero attached hydrogens (tertiary/aromatic N) is 1. The van der Waals surface area contributed by atoms with E-state index in [2.05, 4.69) is 4.74 Å². The van der Waals surface area contributed by atoms with Crippen LogP contribution in [0.4, 0.5) is 5.69 Å². The first-order valence-corrected chi connectivity index (χ1v) is 5.55. The Labute approximate surface area is 109 Å². The number of ether oxygens (including phenoxy) is 1. The summed E-state index contributed by atoms with van der Waals surface area (Å²) in [5, 5.41) is 10.6.